The third kappa shape index (κ3) is 25.2. The zero-order chi connectivity index (χ0) is 29.0. The summed E-state index contributed by atoms with van der Waals surface area (Å²) < 4.78 is 0. The molecule has 0 atom stereocenters. The molecule has 0 saturated heterocycles. The van der Waals surface area contributed by atoms with Crippen molar-refractivity contribution in [3.05, 3.63) is 35.4 Å². The van der Waals surface area contributed by atoms with Gasteiger partial charge < -0.3 is 30.6 Å². The molecule has 1 rings (SSSR count). The van der Waals surface area contributed by atoms with Gasteiger partial charge in [0, 0.05) is 6.42 Å². The molecule has 220 valence electrons. The van der Waals surface area contributed by atoms with E-state index >= 15 is 0 Å². The van der Waals surface area contributed by atoms with Crippen molar-refractivity contribution < 1.29 is 45.0 Å². The molecule has 0 saturated carbocycles. The van der Waals surface area contributed by atoms with Crippen LogP contribution in [0, 0.1) is 0 Å². The van der Waals surface area contributed by atoms with E-state index in [1.54, 1.807) is 0 Å². The van der Waals surface area contributed by atoms with E-state index in [1.807, 2.05) is 0 Å². The van der Waals surface area contributed by atoms with Crippen molar-refractivity contribution in [2.24, 2.45) is 0 Å². The van der Waals surface area contributed by atoms with Gasteiger partial charge in [0.25, 0.3) is 0 Å². The lowest BCUT2D eigenvalue weighted by molar-refractivity contribution is -0.137. The second-order valence-electron chi connectivity index (χ2n) is 9.27. The fraction of sp³-hybridized carbons (Fsp3) is 0.690. The quantitative estimate of drug-likeness (QED) is 0.112. The van der Waals surface area contributed by atoms with E-state index in [9.17, 15) is 14.4 Å². The molecule has 0 amide bonds. The first-order chi connectivity index (χ1) is 18.2. The van der Waals surface area contributed by atoms with E-state index in [2.05, 4.69) is 6.92 Å². The summed E-state index contributed by atoms with van der Waals surface area (Å²) in [5.74, 6) is -3.11. The van der Waals surface area contributed by atoms with Gasteiger partial charge >= 0.3 is 17.9 Å². The normalized spacial score (nSPS) is 10.2. The van der Waals surface area contributed by atoms with Crippen LogP contribution in [-0.4, -0.2) is 67.9 Å². The Morgan fingerprint density at radius 3 is 1.16 bits per heavy atom. The molecule has 9 heteroatoms. The Labute approximate surface area is 227 Å². The van der Waals surface area contributed by atoms with Crippen molar-refractivity contribution in [2.75, 3.05) is 13.2 Å². The van der Waals surface area contributed by atoms with E-state index < -0.39 is 24.0 Å². The molecule has 0 aromatic heterocycles. The van der Waals surface area contributed by atoms with Crippen LogP contribution in [0.15, 0.2) is 24.3 Å². The summed E-state index contributed by atoms with van der Waals surface area (Å²) in [7, 11) is 0. The smallest absolute Gasteiger partial charge is 0.336 e. The summed E-state index contributed by atoms with van der Waals surface area (Å²) >= 11 is 0. The van der Waals surface area contributed by atoms with Crippen molar-refractivity contribution in [1.82, 2.24) is 0 Å². The van der Waals surface area contributed by atoms with E-state index in [0.717, 1.165) is 12.8 Å². The summed E-state index contributed by atoms with van der Waals surface area (Å²) in [6, 6.07) is 5.48. The van der Waals surface area contributed by atoms with Crippen LogP contribution in [-0.2, 0) is 4.79 Å². The van der Waals surface area contributed by atoms with Crippen LogP contribution in [0.5, 0.6) is 0 Å². The zero-order valence-corrected chi connectivity index (χ0v) is 23.0. The monoisotopic (exact) mass is 542 g/mol. The number of rotatable bonds is 20. The Hall–Kier alpha value is -2.49. The molecule has 0 spiro atoms. The van der Waals surface area contributed by atoms with Crippen molar-refractivity contribution in [3.63, 3.8) is 0 Å². The molecule has 0 fully saturated rings. The fourth-order valence-electron chi connectivity index (χ4n) is 3.56. The number of carbonyl (C=O) groups is 3. The average Bonchev–Trinajstić information content (AvgIpc) is 2.90. The molecule has 0 aliphatic carbocycles. The molecular weight excluding hydrogens is 492 g/mol. The second-order valence-corrected chi connectivity index (χ2v) is 9.27. The lowest BCUT2D eigenvalue weighted by atomic mass is 10.0. The van der Waals surface area contributed by atoms with Crippen LogP contribution >= 0.6 is 0 Å². The van der Waals surface area contributed by atoms with Gasteiger partial charge in [-0.1, -0.05) is 109 Å². The average molecular weight is 543 g/mol. The predicted octanol–water partition coefficient (Wildman–Crippen LogP) is 5.75. The molecule has 9 nitrogen and oxygen atoms in total. The number of aliphatic hydroxyl groups excluding tert-OH is 3. The molecule has 0 aliphatic heterocycles. The molecule has 1 aromatic carbocycles. The van der Waals surface area contributed by atoms with E-state index in [0.29, 0.717) is 6.42 Å². The summed E-state index contributed by atoms with van der Waals surface area (Å²) in [6.07, 6.45) is 19.2. The van der Waals surface area contributed by atoms with Crippen molar-refractivity contribution in [1.29, 1.82) is 0 Å². The molecule has 6 N–H and O–H groups in total. The minimum Gasteiger partial charge on any atom is -0.481 e. The SMILES string of the molecule is CCCCCCCCCCCCCCCCCC(=O)O.O=C(O)c1ccccc1C(=O)O.OCC(O)CO. The number of carboxylic acid groups (broad SMARTS) is 3. The Kier molecular flexibility index (Phi) is 27.3. The molecule has 0 bridgehead atoms. The third-order valence-electron chi connectivity index (χ3n) is 5.80. The Morgan fingerprint density at radius 1 is 0.605 bits per heavy atom. The van der Waals surface area contributed by atoms with Crippen molar-refractivity contribution in [2.45, 2.75) is 116 Å². The maximum Gasteiger partial charge on any atom is 0.336 e. The van der Waals surface area contributed by atoms with Crippen LogP contribution in [0.25, 0.3) is 0 Å². The minimum atomic E-state index is -1.23. The summed E-state index contributed by atoms with van der Waals surface area (Å²) in [6.45, 7) is 1.54. The highest BCUT2D eigenvalue weighted by Gasteiger charge is 2.13. The molecule has 0 aliphatic rings. The summed E-state index contributed by atoms with van der Waals surface area (Å²) in [4.78, 5) is 31.3. The fourth-order valence-corrected chi connectivity index (χ4v) is 3.56. The Balaban J connectivity index is 0. The predicted molar refractivity (Wildman–Crippen MR) is 148 cm³/mol. The molecule has 38 heavy (non-hydrogen) atoms. The van der Waals surface area contributed by atoms with Gasteiger partial charge in [-0.3, -0.25) is 4.79 Å². The van der Waals surface area contributed by atoms with Gasteiger partial charge in [0.1, 0.15) is 6.10 Å². The van der Waals surface area contributed by atoms with E-state index in [4.69, 9.17) is 30.6 Å². The van der Waals surface area contributed by atoms with Gasteiger partial charge in [0.15, 0.2) is 0 Å². The van der Waals surface area contributed by atoms with Crippen LogP contribution < -0.4 is 0 Å². The van der Waals surface area contributed by atoms with Crippen LogP contribution in [0.4, 0.5) is 0 Å². The van der Waals surface area contributed by atoms with Gasteiger partial charge in [0.2, 0.25) is 0 Å². The van der Waals surface area contributed by atoms with E-state index in [1.165, 1.54) is 108 Å². The van der Waals surface area contributed by atoms with Gasteiger partial charge in [0.05, 0.1) is 24.3 Å². The Morgan fingerprint density at radius 2 is 0.921 bits per heavy atom. The number of hydrogen-bond acceptors (Lipinski definition) is 6. The van der Waals surface area contributed by atoms with Crippen LogP contribution in [0.1, 0.15) is 130 Å². The number of benzene rings is 1. The number of unbranched alkanes of at least 4 members (excludes halogenated alkanes) is 14. The second kappa shape index (κ2) is 27.5. The highest BCUT2D eigenvalue weighted by atomic mass is 16.4. The molecule has 1 aromatic rings. The van der Waals surface area contributed by atoms with Gasteiger partial charge in [-0.25, -0.2) is 9.59 Å². The highest BCUT2D eigenvalue weighted by molar-refractivity contribution is 6.01. The van der Waals surface area contributed by atoms with Gasteiger partial charge in [-0.05, 0) is 18.6 Å². The third-order valence-corrected chi connectivity index (χ3v) is 5.80. The maximum absolute atomic E-state index is 10.5. The maximum atomic E-state index is 10.5. The lowest BCUT2D eigenvalue weighted by Gasteiger charge is -2.03. The molecule has 0 radical (unpaired) electrons. The van der Waals surface area contributed by atoms with Crippen molar-refractivity contribution in [3.8, 4) is 0 Å². The number of aliphatic hydroxyl groups is 3. The molecule has 0 heterocycles. The molecular formula is C29H50O9. The van der Waals surface area contributed by atoms with Gasteiger partial charge in [-0.15, -0.1) is 0 Å². The molecule has 0 unspecified atom stereocenters. The Bertz CT molecular complexity index is 685. The standard InChI is InChI=1S/C18H36O2.C8H6O4.C3H8O3/c1-2-3-4-5-6-7-8-9-10-11-12-13-14-15-16-17-18(19)20;9-7(10)5-3-1-2-4-6(5)8(11)12;4-1-3(6)2-5/h2-17H2,1H3,(H,19,20);1-4H,(H,9,10)(H,11,12);3-6H,1-2H2. The topological polar surface area (TPSA) is 173 Å². The minimum absolute atomic E-state index is 0.190. The van der Waals surface area contributed by atoms with Crippen molar-refractivity contribution >= 4 is 17.9 Å². The van der Waals surface area contributed by atoms with Gasteiger partial charge in [-0.2, -0.15) is 0 Å². The first-order valence-corrected chi connectivity index (χ1v) is 13.9. The highest BCUT2D eigenvalue weighted by Crippen LogP contribution is 2.13. The first-order valence-electron chi connectivity index (χ1n) is 13.9. The number of aliphatic carboxylic acids is 1. The summed E-state index contributed by atoms with van der Waals surface area (Å²) in [5, 5.41) is 49.6. The number of carboxylic acids is 3. The van der Waals surface area contributed by atoms with Crippen LogP contribution in [0.2, 0.25) is 0 Å². The lowest BCUT2D eigenvalue weighted by Crippen LogP contribution is -2.15. The number of hydrogen-bond donors (Lipinski definition) is 6. The zero-order valence-electron chi connectivity index (χ0n) is 23.0. The first kappa shape index (κ1) is 37.7. The summed E-state index contributed by atoms with van der Waals surface area (Å²) in [5.41, 5.74) is -0.380. The van der Waals surface area contributed by atoms with E-state index in [-0.39, 0.29) is 24.3 Å². The van der Waals surface area contributed by atoms with Crippen LogP contribution in [0.3, 0.4) is 0 Å². The largest absolute Gasteiger partial charge is 0.481 e. The number of aromatic carboxylic acids is 2.